The Labute approximate surface area is 192 Å². The largest absolute Gasteiger partial charge is 0.306 e. The summed E-state index contributed by atoms with van der Waals surface area (Å²) in [6.07, 6.45) is 5.05. The number of benzene rings is 2. The predicted octanol–water partition coefficient (Wildman–Crippen LogP) is 4.79. The summed E-state index contributed by atoms with van der Waals surface area (Å²) in [6, 6.07) is 10.7. The molecule has 4 rings (SSSR count). The van der Waals surface area contributed by atoms with E-state index in [9.17, 15) is 14.0 Å². The van der Waals surface area contributed by atoms with E-state index in [0.717, 1.165) is 16.9 Å². The Balaban J connectivity index is 1.73. The smallest absolute Gasteiger partial charge is 0.279 e. The first-order valence-corrected chi connectivity index (χ1v) is 10.7. The van der Waals surface area contributed by atoms with Gasteiger partial charge in [-0.15, -0.1) is 0 Å². The quantitative estimate of drug-likeness (QED) is 0.374. The van der Waals surface area contributed by atoms with Crippen LogP contribution in [0.3, 0.4) is 0 Å². The molecule has 2 aromatic heterocycles. The maximum absolute atomic E-state index is 13.3. The summed E-state index contributed by atoms with van der Waals surface area (Å²) < 4.78 is 16.7. The van der Waals surface area contributed by atoms with Gasteiger partial charge in [-0.05, 0) is 78.2 Å². The Morgan fingerprint density at radius 2 is 1.84 bits per heavy atom. The Hall–Kier alpha value is -3.39. The van der Waals surface area contributed by atoms with E-state index in [4.69, 9.17) is 0 Å². The zero-order valence-corrected chi connectivity index (χ0v) is 19.3. The number of halogens is 2. The van der Waals surface area contributed by atoms with Crippen molar-refractivity contribution in [2.24, 2.45) is 0 Å². The molecule has 6 nitrogen and oxygen atoms in total. The fourth-order valence-corrected chi connectivity index (χ4v) is 4.04. The fraction of sp³-hybridized carbons (Fsp3) is 0.167. The summed E-state index contributed by atoms with van der Waals surface area (Å²) >= 11 is 3.31. The molecule has 2 aromatic carbocycles. The molecule has 0 radical (unpaired) electrons. The summed E-state index contributed by atoms with van der Waals surface area (Å²) in [5.41, 5.74) is 3.25. The summed E-state index contributed by atoms with van der Waals surface area (Å²) in [5, 5.41) is 4.19. The summed E-state index contributed by atoms with van der Waals surface area (Å²) in [6.45, 7) is 5.58. The molecule has 0 saturated heterocycles. The average molecular weight is 495 g/mol. The fourth-order valence-electron chi connectivity index (χ4n) is 3.59. The lowest BCUT2D eigenvalue weighted by Gasteiger charge is -2.16. The number of carbonyl (C=O) groups is 1. The van der Waals surface area contributed by atoms with Gasteiger partial charge in [-0.25, -0.2) is 14.1 Å². The van der Waals surface area contributed by atoms with Crippen LogP contribution in [0.4, 0.5) is 4.39 Å². The first-order chi connectivity index (χ1) is 15.3. The third-order valence-electron chi connectivity index (χ3n) is 5.35. The lowest BCUT2D eigenvalue weighted by Crippen LogP contribution is -2.31. The van der Waals surface area contributed by atoms with Gasteiger partial charge in [0, 0.05) is 17.4 Å². The highest BCUT2D eigenvalue weighted by atomic mass is 79.9. The highest BCUT2D eigenvalue weighted by molar-refractivity contribution is 9.10. The van der Waals surface area contributed by atoms with Crippen LogP contribution in [0, 0.1) is 19.7 Å². The highest BCUT2D eigenvalue weighted by Gasteiger charge is 2.22. The molecule has 0 aliphatic carbocycles. The van der Waals surface area contributed by atoms with Crippen LogP contribution in [0.15, 0.2) is 70.5 Å². The number of hydrogen-bond acceptors (Lipinski definition) is 4. The maximum Gasteiger partial charge on any atom is 0.279 e. The van der Waals surface area contributed by atoms with Crippen molar-refractivity contribution >= 4 is 21.7 Å². The summed E-state index contributed by atoms with van der Waals surface area (Å²) in [5.74, 6) is -0.765. The second-order valence-electron chi connectivity index (χ2n) is 7.60. The topological polar surface area (TPSA) is 69.8 Å². The van der Waals surface area contributed by atoms with Gasteiger partial charge in [-0.3, -0.25) is 9.59 Å². The van der Waals surface area contributed by atoms with Gasteiger partial charge < -0.3 is 4.57 Å². The molecular formula is C24H20BrFN4O2. The zero-order chi connectivity index (χ0) is 23.0. The van der Waals surface area contributed by atoms with E-state index >= 15 is 0 Å². The first kappa shape index (κ1) is 21.8. The molecule has 0 aliphatic heterocycles. The highest BCUT2D eigenvalue weighted by Crippen LogP contribution is 2.22. The predicted molar refractivity (Wildman–Crippen MR) is 123 cm³/mol. The molecule has 32 heavy (non-hydrogen) atoms. The number of nitrogens with zero attached hydrogens (tertiary/aromatic N) is 4. The normalized spacial score (nSPS) is 12.0. The van der Waals surface area contributed by atoms with Gasteiger partial charge in [0.25, 0.3) is 5.56 Å². The molecule has 1 atom stereocenters. The molecule has 2 heterocycles. The molecule has 0 bridgehead atoms. The van der Waals surface area contributed by atoms with E-state index in [0.29, 0.717) is 15.6 Å². The van der Waals surface area contributed by atoms with Crippen molar-refractivity contribution in [2.45, 2.75) is 26.8 Å². The van der Waals surface area contributed by atoms with Crippen molar-refractivity contribution in [2.75, 3.05) is 0 Å². The van der Waals surface area contributed by atoms with E-state index in [-0.39, 0.29) is 11.4 Å². The molecule has 4 aromatic rings. The second kappa shape index (κ2) is 8.63. The zero-order valence-electron chi connectivity index (χ0n) is 17.7. The van der Waals surface area contributed by atoms with E-state index in [1.54, 1.807) is 37.5 Å². The SMILES string of the molecule is Cc1cn(-c2ccc(C(=O)c3c(Br)cnn(C(C)c4ccc(F)cc4)c3=O)cc2C)cn1. The van der Waals surface area contributed by atoms with Crippen molar-refractivity contribution in [3.8, 4) is 5.69 Å². The number of hydrogen-bond donors (Lipinski definition) is 0. The molecule has 0 saturated carbocycles. The van der Waals surface area contributed by atoms with Crippen LogP contribution in [0.25, 0.3) is 5.69 Å². The van der Waals surface area contributed by atoms with Crippen LogP contribution in [0.1, 0.15) is 45.7 Å². The lowest BCUT2D eigenvalue weighted by atomic mass is 10.0. The number of rotatable bonds is 5. The molecule has 0 fully saturated rings. The Morgan fingerprint density at radius 1 is 1.12 bits per heavy atom. The Bertz CT molecular complexity index is 1380. The van der Waals surface area contributed by atoms with E-state index in [1.165, 1.54) is 23.0 Å². The third kappa shape index (κ3) is 4.05. The number of ketones is 1. The molecule has 1 unspecified atom stereocenters. The van der Waals surface area contributed by atoms with Gasteiger partial charge in [-0.1, -0.05) is 12.1 Å². The third-order valence-corrected chi connectivity index (χ3v) is 5.95. The van der Waals surface area contributed by atoms with Gasteiger partial charge in [0.1, 0.15) is 11.4 Å². The standard InChI is InChI=1S/C24H20BrFN4O2/c1-14-10-18(6-9-21(14)29-12-15(2)27-13-29)23(31)22-20(25)11-28-30(24(22)32)16(3)17-4-7-19(26)8-5-17/h4-13,16H,1-3H3. The molecule has 0 N–H and O–H groups in total. The van der Waals surface area contributed by atoms with Crippen molar-refractivity contribution in [1.82, 2.24) is 19.3 Å². The van der Waals surface area contributed by atoms with Crippen LogP contribution >= 0.6 is 15.9 Å². The number of aromatic nitrogens is 4. The van der Waals surface area contributed by atoms with Crippen LogP contribution in [-0.2, 0) is 0 Å². The second-order valence-corrected chi connectivity index (χ2v) is 8.45. The summed E-state index contributed by atoms with van der Waals surface area (Å²) in [7, 11) is 0. The number of imidazole rings is 1. The lowest BCUT2D eigenvalue weighted by molar-refractivity contribution is 0.103. The van der Waals surface area contributed by atoms with Crippen molar-refractivity contribution in [1.29, 1.82) is 0 Å². The van der Waals surface area contributed by atoms with Gasteiger partial charge in [0.05, 0.1) is 28.7 Å². The van der Waals surface area contributed by atoms with Crippen LogP contribution < -0.4 is 5.56 Å². The van der Waals surface area contributed by atoms with Crippen LogP contribution in [0.5, 0.6) is 0 Å². The monoisotopic (exact) mass is 494 g/mol. The molecule has 0 aliphatic rings. The van der Waals surface area contributed by atoms with Gasteiger partial charge in [0.15, 0.2) is 5.78 Å². The molecule has 162 valence electrons. The van der Waals surface area contributed by atoms with E-state index in [2.05, 4.69) is 26.0 Å². The first-order valence-electron chi connectivity index (χ1n) is 9.95. The molecule has 0 spiro atoms. The Kier molecular flexibility index (Phi) is 5.88. The maximum atomic E-state index is 13.3. The Morgan fingerprint density at radius 3 is 2.47 bits per heavy atom. The minimum atomic E-state index is -0.520. The molecular weight excluding hydrogens is 475 g/mol. The van der Waals surface area contributed by atoms with Crippen LogP contribution in [0.2, 0.25) is 0 Å². The van der Waals surface area contributed by atoms with Crippen molar-refractivity contribution < 1.29 is 9.18 Å². The van der Waals surface area contributed by atoms with Crippen molar-refractivity contribution in [3.63, 3.8) is 0 Å². The number of carbonyl (C=O) groups excluding carboxylic acids is 1. The minimum Gasteiger partial charge on any atom is -0.306 e. The van der Waals surface area contributed by atoms with Gasteiger partial charge in [0.2, 0.25) is 0 Å². The van der Waals surface area contributed by atoms with Gasteiger partial charge in [-0.2, -0.15) is 5.10 Å². The van der Waals surface area contributed by atoms with Gasteiger partial charge >= 0.3 is 0 Å². The molecule has 8 heteroatoms. The molecule has 0 amide bonds. The minimum absolute atomic E-state index is 0.000382. The summed E-state index contributed by atoms with van der Waals surface area (Å²) in [4.78, 5) is 30.8. The van der Waals surface area contributed by atoms with E-state index < -0.39 is 17.4 Å². The van der Waals surface area contributed by atoms with Crippen molar-refractivity contribution in [3.05, 3.63) is 110 Å². The van der Waals surface area contributed by atoms with Crippen LogP contribution in [-0.4, -0.2) is 25.1 Å². The average Bonchev–Trinajstić information content (AvgIpc) is 3.19. The number of aryl methyl sites for hydroxylation is 2. The van der Waals surface area contributed by atoms with E-state index in [1.807, 2.05) is 30.7 Å².